The first-order valence-electron chi connectivity index (χ1n) is 4.13. The quantitative estimate of drug-likeness (QED) is 0.465. The van der Waals surface area contributed by atoms with E-state index in [1.54, 1.807) is 6.26 Å². The number of thioether (sulfide) groups is 1. The lowest BCUT2D eigenvalue weighted by Gasteiger charge is -2.02. The summed E-state index contributed by atoms with van der Waals surface area (Å²) in [5.74, 6) is -3.23. The molecule has 0 bridgehead atoms. The molecule has 0 amide bonds. The molecule has 7 heteroatoms. The van der Waals surface area contributed by atoms with Crippen molar-refractivity contribution >= 4 is 23.2 Å². The van der Waals surface area contributed by atoms with Crippen LogP contribution in [0.1, 0.15) is 10.4 Å². The molecular weight excluding hydrogens is 240 g/mol. The van der Waals surface area contributed by atoms with Crippen molar-refractivity contribution < 1.29 is 18.5 Å². The fourth-order valence-electron chi connectivity index (χ4n) is 1.12. The van der Waals surface area contributed by atoms with Gasteiger partial charge in [-0.1, -0.05) is 0 Å². The number of Topliss-reactive ketones (excluding diaryl/α,β-unsaturated/α-hetero) is 1. The third-order valence-corrected chi connectivity index (χ3v) is 2.36. The van der Waals surface area contributed by atoms with Crippen molar-refractivity contribution in [1.82, 2.24) is 0 Å². The van der Waals surface area contributed by atoms with Crippen LogP contribution in [-0.2, 0) is 0 Å². The lowest BCUT2D eigenvalue weighted by molar-refractivity contribution is -0.385. The van der Waals surface area contributed by atoms with E-state index < -0.39 is 33.6 Å². The zero-order chi connectivity index (χ0) is 12.3. The molecule has 0 aliphatic rings. The van der Waals surface area contributed by atoms with Crippen molar-refractivity contribution in [1.29, 1.82) is 0 Å². The SMILES string of the molecule is CSCC(=O)c1cc(F)c(F)cc1[N+](=O)[O-]. The number of ketones is 1. The predicted octanol–water partition coefficient (Wildman–Crippen LogP) is 2.42. The highest BCUT2D eigenvalue weighted by Crippen LogP contribution is 2.23. The molecule has 0 aromatic heterocycles. The molecule has 1 rings (SSSR count). The van der Waals surface area contributed by atoms with E-state index in [2.05, 4.69) is 0 Å². The van der Waals surface area contributed by atoms with Crippen LogP contribution in [-0.4, -0.2) is 22.7 Å². The summed E-state index contributed by atoms with van der Waals surface area (Å²) >= 11 is 1.15. The predicted molar refractivity (Wildman–Crippen MR) is 55.7 cm³/mol. The van der Waals surface area contributed by atoms with E-state index in [1.807, 2.05) is 0 Å². The Morgan fingerprint density at radius 1 is 1.44 bits per heavy atom. The minimum atomic E-state index is -1.34. The monoisotopic (exact) mass is 247 g/mol. The summed E-state index contributed by atoms with van der Waals surface area (Å²) in [7, 11) is 0. The number of benzene rings is 1. The highest BCUT2D eigenvalue weighted by molar-refractivity contribution is 7.99. The minimum Gasteiger partial charge on any atom is -0.293 e. The number of hydrogen-bond donors (Lipinski definition) is 0. The summed E-state index contributed by atoms with van der Waals surface area (Å²) in [4.78, 5) is 21.1. The van der Waals surface area contributed by atoms with Gasteiger partial charge in [0.25, 0.3) is 5.69 Å². The first-order valence-corrected chi connectivity index (χ1v) is 5.52. The Hall–Kier alpha value is -1.50. The maximum Gasteiger partial charge on any atom is 0.283 e. The molecule has 0 saturated carbocycles. The summed E-state index contributed by atoms with van der Waals surface area (Å²) in [6.45, 7) is 0. The molecule has 0 saturated heterocycles. The summed E-state index contributed by atoms with van der Waals surface area (Å²) in [6, 6.07) is 0.981. The average Bonchev–Trinajstić information content (AvgIpc) is 2.21. The normalized spacial score (nSPS) is 10.2. The van der Waals surface area contributed by atoms with Crippen LogP contribution in [0.15, 0.2) is 12.1 Å². The van der Waals surface area contributed by atoms with E-state index >= 15 is 0 Å². The lowest BCUT2D eigenvalue weighted by atomic mass is 10.1. The van der Waals surface area contributed by atoms with Crippen LogP contribution in [0.4, 0.5) is 14.5 Å². The number of rotatable bonds is 4. The molecule has 0 radical (unpaired) electrons. The van der Waals surface area contributed by atoms with Gasteiger partial charge in [0, 0.05) is 0 Å². The molecule has 0 unspecified atom stereocenters. The highest BCUT2D eigenvalue weighted by Gasteiger charge is 2.23. The number of nitro benzene ring substituents is 1. The van der Waals surface area contributed by atoms with Gasteiger partial charge in [-0.15, -0.1) is 0 Å². The molecule has 0 aliphatic carbocycles. The van der Waals surface area contributed by atoms with Crippen molar-refractivity contribution in [2.45, 2.75) is 0 Å². The summed E-state index contributed by atoms with van der Waals surface area (Å²) in [5, 5.41) is 10.6. The third kappa shape index (κ3) is 2.54. The molecular formula is C9H7F2NO3S. The van der Waals surface area contributed by atoms with E-state index in [-0.39, 0.29) is 5.75 Å². The number of carbonyl (C=O) groups is 1. The van der Waals surface area contributed by atoms with Crippen molar-refractivity contribution in [3.63, 3.8) is 0 Å². The van der Waals surface area contributed by atoms with Gasteiger partial charge >= 0.3 is 0 Å². The highest BCUT2D eigenvalue weighted by atomic mass is 32.2. The number of carbonyl (C=O) groups excluding carboxylic acids is 1. The van der Waals surface area contributed by atoms with Crippen LogP contribution in [0.5, 0.6) is 0 Å². The van der Waals surface area contributed by atoms with E-state index in [4.69, 9.17) is 0 Å². The molecule has 0 heterocycles. The third-order valence-electron chi connectivity index (χ3n) is 1.81. The molecule has 1 aromatic rings. The van der Waals surface area contributed by atoms with Crippen LogP contribution >= 0.6 is 11.8 Å². The Bertz CT molecular complexity index is 451. The van der Waals surface area contributed by atoms with E-state index in [0.717, 1.165) is 11.8 Å². The van der Waals surface area contributed by atoms with Crippen molar-refractivity contribution in [3.8, 4) is 0 Å². The van der Waals surface area contributed by atoms with Gasteiger partial charge in [-0.2, -0.15) is 11.8 Å². The second kappa shape index (κ2) is 5.02. The van der Waals surface area contributed by atoms with Crippen LogP contribution < -0.4 is 0 Å². The van der Waals surface area contributed by atoms with Gasteiger partial charge in [-0.3, -0.25) is 14.9 Å². The number of nitro groups is 1. The molecule has 16 heavy (non-hydrogen) atoms. The van der Waals surface area contributed by atoms with Crippen molar-refractivity contribution in [2.24, 2.45) is 0 Å². The molecule has 0 N–H and O–H groups in total. The largest absolute Gasteiger partial charge is 0.293 e. The first-order chi connectivity index (χ1) is 7.47. The van der Waals surface area contributed by atoms with Crippen molar-refractivity contribution in [2.75, 3.05) is 12.0 Å². The summed E-state index contributed by atoms with van der Waals surface area (Å²) < 4.78 is 25.6. The Morgan fingerprint density at radius 2 is 2.00 bits per heavy atom. The van der Waals surface area contributed by atoms with E-state index in [0.29, 0.717) is 12.1 Å². The second-order valence-corrected chi connectivity index (χ2v) is 3.76. The number of hydrogen-bond acceptors (Lipinski definition) is 4. The molecule has 0 fully saturated rings. The standard InChI is InChI=1S/C9H7F2NO3S/c1-16-4-9(13)5-2-6(10)7(11)3-8(5)12(14)15/h2-3H,4H2,1H3. The Morgan fingerprint density at radius 3 is 2.50 bits per heavy atom. The molecule has 86 valence electrons. The Labute approximate surface area is 93.8 Å². The van der Waals surface area contributed by atoms with Gasteiger partial charge < -0.3 is 0 Å². The maximum absolute atomic E-state index is 12.9. The molecule has 4 nitrogen and oxygen atoms in total. The van der Waals surface area contributed by atoms with E-state index in [9.17, 15) is 23.7 Å². The fourth-order valence-corrected chi connectivity index (χ4v) is 1.54. The minimum absolute atomic E-state index is 0.0219. The molecule has 1 aromatic carbocycles. The lowest BCUT2D eigenvalue weighted by Crippen LogP contribution is -2.08. The maximum atomic E-state index is 12.9. The van der Waals surface area contributed by atoms with Crippen molar-refractivity contribution in [3.05, 3.63) is 39.4 Å². The fraction of sp³-hybridized carbons (Fsp3) is 0.222. The van der Waals surface area contributed by atoms with Gasteiger partial charge in [-0.05, 0) is 12.3 Å². The Balaban J connectivity index is 3.30. The molecule has 0 atom stereocenters. The molecule has 0 spiro atoms. The van der Waals surface area contributed by atoms with Crippen LogP contribution in [0.2, 0.25) is 0 Å². The zero-order valence-corrected chi connectivity index (χ0v) is 9.01. The van der Waals surface area contributed by atoms with Gasteiger partial charge in [-0.25, -0.2) is 8.78 Å². The summed E-state index contributed by atoms with van der Waals surface area (Å²) in [5.41, 5.74) is -1.11. The molecule has 0 aliphatic heterocycles. The van der Waals surface area contributed by atoms with Gasteiger partial charge in [0.15, 0.2) is 17.4 Å². The smallest absolute Gasteiger partial charge is 0.283 e. The number of halogens is 2. The first kappa shape index (κ1) is 12.6. The zero-order valence-electron chi connectivity index (χ0n) is 8.20. The van der Waals surface area contributed by atoms with E-state index in [1.165, 1.54) is 0 Å². The van der Waals surface area contributed by atoms with Gasteiger partial charge in [0.2, 0.25) is 0 Å². The Kier molecular flexibility index (Phi) is 3.94. The van der Waals surface area contributed by atoms with Gasteiger partial charge in [0.1, 0.15) is 0 Å². The van der Waals surface area contributed by atoms with Crippen LogP contribution in [0.25, 0.3) is 0 Å². The second-order valence-electron chi connectivity index (χ2n) is 2.90. The summed E-state index contributed by atoms with van der Waals surface area (Å²) in [6.07, 6.45) is 1.63. The average molecular weight is 247 g/mol. The topological polar surface area (TPSA) is 60.2 Å². The number of nitrogens with zero attached hydrogens (tertiary/aromatic N) is 1. The van der Waals surface area contributed by atoms with Gasteiger partial charge in [0.05, 0.1) is 22.3 Å². The van der Waals surface area contributed by atoms with Crippen LogP contribution in [0, 0.1) is 21.7 Å². The van der Waals surface area contributed by atoms with Crippen LogP contribution in [0.3, 0.4) is 0 Å².